The van der Waals surface area contributed by atoms with Crippen LogP contribution in [-0.4, -0.2) is 56.5 Å². The molecular formula is C18H29N3O2S. The van der Waals surface area contributed by atoms with E-state index in [0.717, 1.165) is 63.1 Å². The minimum absolute atomic E-state index is 0.269. The van der Waals surface area contributed by atoms with Crippen molar-refractivity contribution in [2.45, 2.75) is 25.8 Å². The largest absolute Gasteiger partial charge is 0.497 e. The molecule has 134 valence electrons. The SMILES string of the molecule is CCCCNC(=S)NCC(c1ccc(OC)cc1)N1CCOCC1. The molecule has 0 spiro atoms. The van der Waals surface area contributed by atoms with Crippen molar-refractivity contribution in [3.8, 4) is 5.75 Å². The molecule has 1 saturated heterocycles. The number of ether oxygens (including phenoxy) is 2. The Kier molecular flexibility index (Phi) is 8.28. The average Bonchev–Trinajstić information content (AvgIpc) is 2.63. The van der Waals surface area contributed by atoms with E-state index >= 15 is 0 Å². The molecule has 1 aromatic rings. The van der Waals surface area contributed by atoms with E-state index in [1.54, 1.807) is 7.11 Å². The number of thiocarbonyl (C=S) groups is 1. The van der Waals surface area contributed by atoms with Gasteiger partial charge in [-0.1, -0.05) is 25.5 Å². The highest BCUT2D eigenvalue weighted by atomic mass is 32.1. The van der Waals surface area contributed by atoms with Gasteiger partial charge in [0.25, 0.3) is 0 Å². The first-order chi connectivity index (χ1) is 11.7. The second-order valence-corrected chi connectivity index (χ2v) is 6.34. The van der Waals surface area contributed by atoms with Gasteiger partial charge in [-0.05, 0) is 36.3 Å². The summed E-state index contributed by atoms with van der Waals surface area (Å²) in [6, 6.07) is 8.56. The van der Waals surface area contributed by atoms with Gasteiger partial charge in [0.05, 0.1) is 26.4 Å². The first kappa shape index (κ1) is 19.0. The highest BCUT2D eigenvalue weighted by Gasteiger charge is 2.22. The summed E-state index contributed by atoms with van der Waals surface area (Å²) in [6.07, 6.45) is 2.30. The zero-order chi connectivity index (χ0) is 17.2. The van der Waals surface area contributed by atoms with Gasteiger partial charge in [-0.25, -0.2) is 0 Å². The van der Waals surface area contributed by atoms with Gasteiger partial charge in [-0.2, -0.15) is 0 Å². The summed E-state index contributed by atoms with van der Waals surface area (Å²) in [7, 11) is 1.69. The maximum Gasteiger partial charge on any atom is 0.166 e. The molecule has 24 heavy (non-hydrogen) atoms. The Morgan fingerprint density at radius 3 is 2.58 bits per heavy atom. The van der Waals surface area contributed by atoms with Crippen molar-refractivity contribution in [1.29, 1.82) is 0 Å². The molecule has 0 amide bonds. The van der Waals surface area contributed by atoms with Gasteiger partial charge in [0.2, 0.25) is 0 Å². The average molecular weight is 352 g/mol. The third-order valence-corrected chi connectivity index (χ3v) is 4.55. The maximum absolute atomic E-state index is 5.49. The van der Waals surface area contributed by atoms with E-state index < -0.39 is 0 Å². The normalized spacial score (nSPS) is 16.4. The number of methoxy groups -OCH3 is 1. The summed E-state index contributed by atoms with van der Waals surface area (Å²) in [6.45, 7) is 7.33. The highest BCUT2D eigenvalue weighted by Crippen LogP contribution is 2.23. The van der Waals surface area contributed by atoms with Crippen LogP contribution in [0.4, 0.5) is 0 Å². The van der Waals surface area contributed by atoms with E-state index in [9.17, 15) is 0 Å². The van der Waals surface area contributed by atoms with Crippen molar-refractivity contribution in [1.82, 2.24) is 15.5 Å². The first-order valence-electron chi connectivity index (χ1n) is 8.72. The Balaban J connectivity index is 1.98. The molecule has 1 aliphatic rings. The van der Waals surface area contributed by atoms with Crippen LogP contribution in [0.5, 0.6) is 5.75 Å². The smallest absolute Gasteiger partial charge is 0.166 e. The number of nitrogens with one attached hydrogen (secondary N) is 2. The molecule has 1 atom stereocenters. The molecule has 1 unspecified atom stereocenters. The fourth-order valence-corrected chi connectivity index (χ4v) is 2.99. The molecular weight excluding hydrogens is 322 g/mol. The van der Waals surface area contributed by atoms with Gasteiger partial charge in [0.15, 0.2) is 5.11 Å². The quantitative estimate of drug-likeness (QED) is 0.554. The summed E-state index contributed by atoms with van der Waals surface area (Å²) in [5, 5.41) is 7.37. The van der Waals surface area contributed by atoms with Crippen LogP contribution in [0.2, 0.25) is 0 Å². The summed E-state index contributed by atoms with van der Waals surface area (Å²) >= 11 is 5.39. The molecule has 1 heterocycles. The lowest BCUT2D eigenvalue weighted by atomic mass is 10.0. The molecule has 1 aromatic carbocycles. The predicted octanol–water partition coefficient (Wildman–Crippen LogP) is 2.33. The molecule has 0 aliphatic carbocycles. The maximum atomic E-state index is 5.49. The molecule has 2 N–H and O–H groups in total. The molecule has 1 aliphatic heterocycles. The monoisotopic (exact) mass is 351 g/mol. The fraction of sp³-hybridized carbons (Fsp3) is 0.611. The van der Waals surface area contributed by atoms with Gasteiger partial charge in [0, 0.05) is 26.2 Å². The zero-order valence-corrected chi connectivity index (χ0v) is 15.5. The van der Waals surface area contributed by atoms with Crippen LogP contribution in [0.25, 0.3) is 0 Å². The zero-order valence-electron chi connectivity index (χ0n) is 14.7. The van der Waals surface area contributed by atoms with Crippen molar-refractivity contribution >= 4 is 17.3 Å². The first-order valence-corrected chi connectivity index (χ1v) is 9.13. The lowest BCUT2D eigenvalue weighted by molar-refractivity contribution is 0.0170. The Morgan fingerprint density at radius 1 is 1.25 bits per heavy atom. The molecule has 1 fully saturated rings. The van der Waals surface area contributed by atoms with Crippen LogP contribution in [0.3, 0.4) is 0 Å². The van der Waals surface area contributed by atoms with E-state index in [1.807, 2.05) is 12.1 Å². The molecule has 0 bridgehead atoms. The molecule has 5 nitrogen and oxygen atoms in total. The molecule has 0 saturated carbocycles. The van der Waals surface area contributed by atoms with E-state index in [2.05, 4.69) is 34.6 Å². The molecule has 2 rings (SSSR count). The molecule has 6 heteroatoms. The van der Waals surface area contributed by atoms with E-state index in [-0.39, 0.29) is 6.04 Å². The standard InChI is InChI=1S/C18H29N3O2S/c1-3-4-9-19-18(24)20-14-17(21-10-12-23-13-11-21)15-5-7-16(22-2)8-6-15/h5-8,17H,3-4,9-14H2,1-2H3,(H2,19,20,24). The molecule has 0 radical (unpaired) electrons. The minimum atomic E-state index is 0.269. The lowest BCUT2D eigenvalue weighted by Gasteiger charge is -2.35. The van der Waals surface area contributed by atoms with Gasteiger partial charge >= 0.3 is 0 Å². The van der Waals surface area contributed by atoms with Crippen molar-refractivity contribution in [2.75, 3.05) is 46.5 Å². The van der Waals surface area contributed by atoms with Crippen LogP contribution < -0.4 is 15.4 Å². The van der Waals surface area contributed by atoms with Crippen LogP contribution in [0, 0.1) is 0 Å². The third-order valence-electron chi connectivity index (χ3n) is 4.26. The Bertz CT molecular complexity index is 490. The van der Waals surface area contributed by atoms with Crippen LogP contribution in [-0.2, 0) is 4.74 Å². The van der Waals surface area contributed by atoms with Gasteiger partial charge in [0.1, 0.15) is 5.75 Å². The van der Waals surface area contributed by atoms with E-state index in [1.165, 1.54) is 5.56 Å². The summed E-state index contributed by atoms with van der Waals surface area (Å²) < 4.78 is 10.8. The van der Waals surface area contributed by atoms with Crippen LogP contribution in [0.15, 0.2) is 24.3 Å². The number of hydrogen-bond donors (Lipinski definition) is 2. The van der Waals surface area contributed by atoms with Gasteiger partial charge in [-0.3, -0.25) is 4.90 Å². The lowest BCUT2D eigenvalue weighted by Crippen LogP contribution is -2.45. The molecule has 0 aromatic heterocycles. The van der Waals surface area contributed by atoms with Crippen LogP contribution >= 0.6 is 12.2 Å². The second kappa shape index (κ2) is 10.5. The summed E-state index contributed by atoms with van der Waals surface area (Å²) in [5.74, 6) is 0.879. The number of benzene rings is 1. The van der Waals surface area contributed by atoms with Gasteiger partial charge < -0.3 is 20.1 Å². The summed E-state index contributed by atoms with van der Waals surface area (Å²) in [4.78, 5) is 2.45. The fourth-order valence-electron chi connectivity index (χ4n) is 2.80. The van der Waals surface area contributed by atoms with Crippen LogP contribution in [0.1, 0.15) is 31.4 Å². The van der Waals surface area contributed by atoms with Gasteiger partial charge in [-0.15, -0.1) is 0 Å². The van der Waals surface area contributed by atoms with E-state index in [0.29, 0.717) is 0 Å². The number of hydrogen-bond acceptors (Lipinski definition) is 4. The number of morpholine rings is 1. The Labute approximate surface area is 150 Å². The van der Waals surface area contributed by atoms with Crippen molar-refractivity contribution < 1.29 is 9.47 Å². The van der Waals surface area contributed by atoms with E-state index in [4.69, 9.17) is 21.7 Å². The third kappa shape index (κ3) is 5.92. The minimum Gasteiger partial charge on any atom is -0.497 e. The second-order valence-electron chi connectivity index (χ2n) is 5.93. The van der Waals surface area contributed by atoms with Crippen molar-refractivity contribution in [3.05, 3.63) is 29.8 Å². The number of unbranched alkanes of at least 4 members (excludes halogenated alkanes) is 1. The predicted molar refractivity (Wildman–Crippen MR) is 102 cm³/mol. The number of nitrogens with zero attached hydrogens (tertiary/aromatic N) is 1. The Morgan fingerprint density at radius 2 is 1.96 bits per heavy atom. The topological polar surface area (TPSA) is 45.8 Å². The summed E-state index contributed by atoms with van der Waals surface area (Å²) in [5.41, 5.74) is 1.27. The number of rotatable bonds is 8. The highest BCUT2D eigenvalue weighted by molar-refractivity contribution is 7.80. The van der Waals surface area contributed by atoms with Crippen molar-refractivity contribution in [2.24, 2.45) is 0 Å². The van der Waals surface area contributed by atoms with Crippen molar-refractivity contribution in [3.63, 3.8) is 0 Å². The Hall–Kier alpha value is -1.37.